The first-order valence-electron chi connectivity index (χ1n) is 13.8. The molecule has 210 valence electrons. The number of halogens is 3. The Bertz CT molecular complexity index is 1400. The number of carbonyl (C=O) groups is 1. The summed E-state index contributed by atoms with van der Waals surface area (Å²) in [6.45, 7) is 3.90. The topological polar surface area (TPSA) is 71.9 Å². The van der Waals surface area contributed by atoms with Crippen LogP contribution in [0, 0.1) is 17.5 Å². The largest absolute Gasteiger partial charge is 0.372 e. The van der Waals surface area contributed by atoms with Gasteiger partial charge in [0.15, 0.2) is 11.6 Å². The second-order valence-corrected chi connectivity index (χ2v) is 10.8. The number of benzene rings is 2. The van der Waals surface area contributed by atoms with E-state index in [1.54, 1.807) is 12.3 Å². The maximum Gasteiger partial charge on any atom is 0.254 e. The molecule has 7 nitrogen and oxygen atoms in total. The Morgan fingerprint density at radius 1 is 0.950 bits per heavy atom. The quantitative estimate of drug-likeness (QED) is 0.436. The van der Waals surface area contributed by atoms with Crippen LogP contribution in [0.4, 0.5) is 24.7 Å². The zero-order chi connectivity index (χ0) is 27.8. The summed E-state index contributed by atoms with van der Waals surface area (Å²) in [6.07, 6.45) is 5.16. The van der Waals surface area contributed by atoms with Gasteiger partial charge in [0.1, 0.15) is 17.9 Å². The normalized spacial score (nSPS) is 21.0. The number of pyridine rings is 1. The molecule has 0 saturated carbocycles. The number of aliphatic hydroxyl groups is 1. The van der Waals surface area contributed by atoms with E-state index in [2.05, 4.69) is 15.2 Å². The summed E-state index contributed by atoms with van der Waals surface area (Å²) in [4.78, 5) is 23.8. The molecular weight excluding hydrogens is 519 g/mol. The van der Waals surface area contributed by atoms with Gasteiger partial charge in [-0.3, -0.25) is 4.79 Å². The third-order valence-electron chi connectivity index (χ3n) is 8.19. The molecule has 2 saturated heterocycles. The van der Waals surface area contributed by atoms with Crippen molar-refractivity contribution in [3.8, 4) is 11.1 Å². The van der Waals surface area contributed by atoms with Crippen molar-refractivity contribution in [3.05, 3.63) is 77.2 Å². The lowest BCUT2D eigenvalue weighted by Gasteiger charge is -2.36. The molecule has 3 aromatic rings. The van der Waals surface area contributed by atoms with Gasteiger partial charge in [0, 0.05) is 54.6 Å². The molecule has 4 heterocycles. The van der Waals surface area contributed by atoms with E-state index in [4.69, 9.17) is 0 Å². The van der Waals surface area contributed by atoms with Crippen molar-refractivity contribution in [3.63, 3.8) is 0 Å². The number of aromatic nitrogens is 1. The minimum Gasteiger partial charge on any atom is -0.372 e. The highest BCUT2D eigenvalue weighted by Crippen LogP contribution is 2.35. The lowest BCUT2D eigenvalue weighted by molar-refractivity contribution is 0.0708. The standard InChI is InChI=1S/C30H32F3N5O2/c31-24-14-26(33)25(32)12-22(24)17-38-27-13-21(15-34-29(27)35-16-28(38)39)19-5-7-20(8-6-19)30(40)37-11-3-4-23(37)18-36-9-1-2-10-36/h5-8,12-15,23,28,39H,1-4,9-11,16-18H2,(H,34,35)/t23-,28?/m0/s1. The minimum absolute atomic E-state index is 0.0452. The smallest absolute Gasteiger partial charge is 0.254 e. The molecule has 0 aliphatic carbocycles. The lowest BCUT2D eigenvalue weighted by atomic mass is 10.0. The van der Waals surface area contributed by atoms with Gasteiger partial charge in [0.05, 0.1) is 12.2 Å². The number of anilines is 2. The number of fused-ring (bicyclic) bond motifs is 1. The van der Waals surface area contributed by atoms with Crippen LogP contribution in [0.5, 0.6) is 0 Å². The highest BCUT2D eigenvalue weighted by Gasteiger charge is 2.32. The predicted octanol–water partition coefficient (Wildman–Crippen LogP) is 4.62. The van der Waals surface area contributed by atoms with Crippen molar-refractivity contribution in [2.24, 2.45) is 0 Å². The van der Waals surface area contributed by atoms with Gasteiger partial charge in [0.25, 0.3) is 5.91 Å². The van der Waals surface area contributed by atoms with Crippen LogP contribution in [0.1, 0.15) is 41.6 Å². The maximum absolute atomic E-state index is 14.4. The second-order valence-electron chi connectivity index (χ2n) is 10.8. The number of hydrogen-bond donors (Lipinski definition) is 2. The number of carbonyl (C=O) groups excluding carboxylic acids is 1. The van der Waals surface area contributed by atoms with Crippen LogP contribution in [0.25, 0.3) is 11.1 Å². The highest BCUT2D eigenvalue weighted by molar-refractivity contribution is 5.95. The third kappa shape index (κ3) is 5.25. The Labute approximate surface area is 231 Å². The summed E-state index contributed by atoms with van der Waals surface area (Å²) in [5.41, 5.74) is 2.61. The van der Waals surface area contributed by atoms with Gasteiger partial charge >= 0.3 is 0 Å². The molecule has 40 heavy (non-hydrogen) atoms. The van der Waals surface area contributed by atoms with E-state index in [9.17, 15) is 23.1 Å². The van der Waals surface area contributed by atoms with E-state index >= 15 is 0 Å². The van der Waals surface area contributed by atoms with E-state index < -0.39 is 23.7 Å². The third-order valence-corrected chi connectivity index (χ3v) is 8.19. The summed E-state index contributed by atoms with van der Waals surface area (Å²) in [6, 6.07) is 10.8. The minimum atomic E-state index is -1.26. The molecule has 0 spiro atoms. The molecule has 1 amide bonds. The van der Waals surface area contributed by atoms with Crippen molar-refractivity contribution in [2.45, 2.75) is 44.5 Å². The molecule has 0 radical (unpaired) electrons. The van der Waals surface area contributed by atoms with E-state index in [0.717, 1.165) is 56.2 Å². The average Bonchev–Trinajstić information content (AvgIpc) is 3.65. The molecule has 0 bridgehead atoms. The first-order chi connectivity index (χ1) is 19.4. The van der Waals surface area contributed by atoms with Crippen molar-refractivity contribution < 1.29 is 23.1 Å². The molecule has 1 aromatic heterocycles. The molecule has 3 aliphatic rings. The van der Waals surface area contributed by atoms with Crippen molar-refractivity contribution in [1.82, 2.24) is 14.8 Å². The molecule has 2 aromatic carbocycles. The number of nitrogens with zero attached hydrogens (tertiary/aromatic N) is 4. The van der Waals surface area contributed by atoms with Gasteiger partial charge in [-0.05, 0) is 68.6 Å². The molecule has 1 unspecified atom stereocenters. The SMILES string of the molecule is O=C(c1ccc(-c2cnc3c(c2)N(Cc2cc(F)c(F)cc2F)C(O)CN3)cc1)N1CCC[C@H]1CN1CCCC1. The van der Waals surface area contributed by atoms with Gasteiger partial charge in [0.2, 0.25) is 0 Å². The van der Waals surface area contributed by atoms with Gasteiger partial charge in [-0.2, -0.15) is 0 Å². The van der Waals surface area contributed by atoms with Crippen LogP contribution in [0.2, 0.25) is 0 Å². The van der Waals surface area contributed by atoms with Crippen LogP contribution >= 0.6 is 0 Å². The molecule has 6 rings (SSSR count). The molecule has 2 fully saturated rings. The van der Waals surface area contributed by atoms with Crippen LogP contribution in [0.15, 0.2) is 48.7 Å². The van der Waals surface area contributed by atoms with Crippen molar-refractivity contribution in [1.29, 1.82) is 0 Å². The zero-order valence-corrected chi connectivity index (χ0v) is 22.1. The van der Waals surface area contributed by atoms with Crippen LogP contribution in [-0.4, -0.2) is 70.8 Å². The Morgan fingerprint density at radius 3 is 2.48 bits per heavy atom. The second kappa shape index (κ2) is 11.1. The number of rotatable bonds is 6. The Hall–Kier alpha value is -3.63. The highest BCUT2D eigenvalue weighted by atomic mass is 19.2. The summed E-state index contributed by atoms with van der Waals surface area (Å²) >= 11 is 0. The number of hydrogen-bond acceptors (Lipinski definition) is 6. The first-order valence-corrected chi connectivity index (χ1v) is 13.8. The van der Waals surface area contributed by atoms with Gasteiger partial charge in [-0.25, -0.2) is 18.2 Å². The fourth-order valence-corrected chi connectivity index (χ4v) is 6.01. The maximum atomic E-state index is 14.4. The lowest BCUT2D eigenvalue weighted by Crippen LogP contribution is -2.44. The number of likely N-dealkylation sites (tertiary alicyclic amines) is 2. The Morgan fingerprint density at radius 2 is 1.70 bits per heavy atom. The molecule has 2 N–H and O–H groups in total. The zero-order valence-electron chi connectivity index (χ0n) is 22.1. The monoisotopic (exact) mass is 551 g/mol. The average molecular weight is 552 g/mol. The molecular formula is C30H32F3N5O2. The number of β-amino-alcohol motifs (C(OH)–C–C–N with tert-alkyl or cyclic N) is 1. The summed E-state index contributed by atoms with van der Waals surface area (Å²) in [7, 11) is 0. The molecule has 3 aliphatic heterocycles. The summed E-state index contributed by atoms with van der Waals surface area (Å²) < 4.78 is 41.6. The Kier molecular flexibility index (Phi) is 7.37. The van der Waals surface area contributed by atoms with E-state index in [-0.39, 0.29) is 30.6 Å². The predicted molar refractivity (Wildman–Crippen MR) is 146 cm³/mol. The summed E-state index contributed by atoms with van der Waals surface area (Å²) in [5.74, 6) is -2.78. The van der Waals surface area contributed by atoms with Crippen LogP contribution in [-0.2, 0) is 6.54 Å². The van der Waals surface area contributed by atoms with Crippen molar-refractivity contribution in [2.75, 3.05) is 42.9 Å². The van der Waals surface area contributed by atoms with Gasteiger partial charge < -0.3 is 25.1 Å². The van der Waals surface area contributed by atoms with Crippen LogP contribution in [0.3, 0.4) is 0 Å². The van der Waals surface area contributed by atoms with E-state index in [1.807, 2.05) is 29.2 Å². The van der Waals surface area contributed by atoms with Gasteiger partial charge in [-0.1, -0.05) is 12.1 Å². The molecule has 2 atom stereocenters. The first kappa shape index (κ1) is 26.6. The fourth-order valence-electron chi connectivity index (χ4n) is 6.01. The number of aliphatic hydroxyl groups excluding tert-OH is 1. The van der Waals surface area contributed by atoms with E-state index in [0.29, 0.717) is 23.1 Å². The number of nitrogens with one attached hydrogen (secondary N) is 1. The van der Waals surface area contributed by atoms with Crippen molar-refractivity contribution >= 4 is 17.4 Å². The van der Waals surface area contributed by atoms with Crippen LogP contribution < -0.4 is 10.2 Å². The molecule has 10 heteroatoms. The fraction of sp³-hybridized carbons (Fsp3) is 0.400. The summed E-state index contributed by atoms with van der Waals surface area (Å²) in [5, 5.41) is 13.7. The van der Waals surface area contributed by atoms with Gasteiger partial charge in [-0.15, -0.1) is 0 Å². The Balaban J connectivity index is 1.21. The van der Waals surface area contributed by atoms with E-state index in [1.165, 1.54) is 17.7 Å². The number of amides is 1.